The van der Waals surface area contributed by atoms with Crippen molar-refractivity contribution in [3.05, 3.63) is 24.3 Å². The van der Waals surface area contributed by atoms with Crippen LogP contribution in [-0.2, 0) is 4.79 Å². The molecule has 1 amide bonds. The van der Waals surface area contributed by atoms with Crippen molar-refractivity contribution >= 4 is 11.6 Å². The highest BCUT2D eigenvalue weighted by atomic mass is 16.5. The Morgan fingerprint density at radius 3 is 2.29 bits per heavy atom. The molecule has 0 unspecified atom stereocenters. The molecule has 1 fully saturated rings. The van der Waals surface area contributed by atoms with E-state index in [1.165, 1.54) is 0 Å². The molecule has 21 heavy (non-hydrogen) atoms. The third-order valence-electron chi connectivity index (χ3n) is 3.76. The lowest BCUT2D eigenvalue weighted by molar-refractivity contribution is -0.123. The lowest BCUT2D eigenvalue weighted by Crippen LogP contribution is -2.35. The molecule has 1 N–H and O–H groups in total. The molecular formula is C17H26N2O2. The van der Waals surface area contributed by atoms with Crippen molar-refractivity contribution in [2.24, 2.45) is 5.41 Å². The van der Waals surface area contributed by atoms with E-state index >= 15 is 0 Å². The van der Waals surface area contributed by atoms with Gasteiger partial charge in [0, 0.05) is 24.2 Å². The Bertz CT molecular complexity index is 469. The van der Waals surface area contributed by atoms with Gasteiger partial charge in [0.05, 0.1) is 0 Å². The molecule has 1 aliphatic rings. The molecule has 1 aliphatic heterocycles. The first-order valence-electron chi connectivity index (χ1n) is 7.61. The molecule has 1 aromatic carbocycles. The zero-order chi connectivity index (χ0) is 15.5. The molecule has 1 saturated heterocycles. The number of amides is 1. The summed E-state index contributed by atoms with van der Waals surface area (Å²) in [5.74, 6) is 0.893. The number of likely N-dealkylation sites (tertiary alicyclic amines) is 1. The fourth-order valence-electron chi connectivity index (χ4n) is 2.23. The van der Waals surface area contributed by atoms with Gasteiger partial charge in [0.15, 0.2) is 0 Å². The molecule has 0 aromatic heterocycles. The maximum absolute atomic E-state index is 11.9. The Hall–Kier alpha value is -1.55. The highest BCUT2D eigenvalue weighted by molar-refractivity contribution is 5.94. The summed E-state index contributed by atoms with van der Waals surface area (Å²) in [6, 6.07) is 7.65. The number of nitrogens with zero attached hydrogens (tertiary/aromatic N) is 1. The van der Waals surface area contributed by atoms with Crippen molar-refractivity contribution in [1.29, 1.82) is 0 Å². The number of ether oxygens (including phenoxy) is 1. The molecule has 0 bridgehead atoms. The number of carbonyl (C=O) groups excluding carboxylic acids is 1. The Kier molecular flexibility index (Phi) is 4.88. The molecule has 0 atom stereocenters. The minimum Gasteiger partial charge on any atom is -0.490 e. The van der Waals surface area contributed by atoms with E-state index < -0.39 is 0 Å². The summed E-state index contributed by atoms with van der Waals surface area (Å²) >= 11 is 0. The molecule has 0 saturated carbocycles. The van der Waals surface area contributed by atoms with E-state index in [4.69, 9.17) is 4.74 Å². The van der Waals surface area contributed by atoms with Gasteiger partial charge in [-0.15, -0.1) is 0 Å². The van der Waals surface area contributed by atoms with Crippen molar-refractivity contribution in [3.63, 3.8) is 0 Å². The van der Waals surface area contributed by atoms with Gasteiger partial charge >= 0.3 is 0 Å². The fraction of sp³-hybridized carbons (Fsp3) is 0.588. The van der Waals surface area contributed by atoms with E-state index in [0.717, 1.165) is 37.4 Å². The van der Waals surface area contributed by atoms with Crippen molar-refractivity contribution in [3.8, 4) is 5.75 Å². The molecule has 1 aromatic rings. The molecule has 116 valence electrons. The average molecular weight is 290 g/mol. The zero-order valence-corrected chi connectivity index (χ0v) is 13.5. The van der Waals surface area contributed by atoms with E-state index in [0.29, 0.717) is 6.10 Å². The van der Waals surface area contributed by atoms with E-state index in [-0.39, 0.29) is 11.3 Å². The van der Waals surface area contributed by atoms with Crippen LogP contribution < -0.4 is 10.1 Å². The number of hydrogen-bond donors (Lipinski definition) is 1. The Morgan fingerprint density at radius 1 is 1.19 bits per heavy atom. The average Bonchev–Trinajstić information content (AvgIpc) is 2.42. The first-order valence-corrected chi connectivity index (χ1v) is 7.61. The summed E-state index contributed by atoms with van der Waals surface area (Å²) in [7, 11) is 2.14. The molecule has 2 rings (SSSR count). The first kappa shape index (κ1) is 15.8. The van der Waals surface area contributed by atoms with Crippen LogP contribution >= 0.6 is 0 Å². The smallest absolute Gasteiger partial charge is 0.229 e. The molecule has 4 heteroatoms. The van der Waals surface area contributed by atoms with Crippen LogP contribution in [0.2, 0.25) is 0 Å². The standard InChI is InChI=1S/C17H26N2O2/c1-17(2,3)16(20)18-13-5-7-14(8-6-13)21-15-9-11-19(4)12-10-15/h5-8,15H,9-12H2,1-4H3,(H,18,20). The number of anilines is 1. The Labute approximate surface area is 127 Å². The monoisotopic (exact) mass is 290 g/mol. The predicted molar refractivity (Wildman–Crippen MR) is 85.7 cm³/mol. The van der Waals surface area contributed by atoms with Crippen molar-refractivity contribution < 1.29 is 9.53 Å². The number of nitrogens with one attached hydrogen (secondary N) is 1. The topological polar surface area (TPSA) is 41.6 Å². The molecule has 1 heterocycles. The summed E-state index contributed by atoms with van der Waals surface area (Å²) in [4.78, 5) is 14.2. The van der Waals surface area contributed by atoms with E-state index in [9.17, 15) is 4.79 Å². The van der Waals surface area contributed by atoms with Gasteiger partial charge in [0.25, 0.3) is 0 Å². The van der Waals surface area contributed by atoms with Gasteiger partial charge in [-0.2, -0.15) is 0 Å². The third kappa shape index (κ3) is 4.74. The summed E-state index contributed by atoms with van der Waals surface area (Å²) in [5, 5.41) is 2.92. The van der Waals surface area contributed by atoms with Gasteiger partial charge in [0.1, 0.15) is 11.9 Å². The first-order chi connectivity index (χ1) is 9.84. The summed E-state index contributed by atoms with van der Waals surface area (Å²) in [6.07, 6.45) is 2.44. The second kappa shape index (κ2) is 6.48. The largest absolute Gasteiger partial charge is 0.490 e. The van der Waals surface area contributed by atoms with Crippen molar-refractivity contribution in [2.45, 2.75) is 39.7 Å². The minimum absolute atomic E-state index is 0.0199. The minimum atomic E-state index is -0.386. The summed E-state index contributed by atoms with van der Waals surface area (Å²) in [5.41, 5.74) is 0.425. The quantitative estimate of drug-likeness (QED) is 0.930. The molecule has 0 aliphatic carbocycles. The van der Waals surface area contributed by atoms with Gasteiger partial charge in [-0.05, 0) is 44.2 Å². The van der Waals surface area contributed by atoms with Crippen LogP contribution in [0.15, 0.2) is 24.3 Å². The fourth-order valence-corrected chi connectivity index (χ4v) is 2.23. The molecule has 0 spiro atoms. The second-order valence-corrected chi connectivity index (χ2v) is 6.85. The number of carbonyl (C=O) groups is 1. The highest BCUT2D eigenvalue weighted by Crippen LogP contribution is 2.22. The van der Waals surface area contributed by atoms with Crippen molar-refractivity contribution in [2.75, 3.05) is 25.5 Å². The number of hydrogen-bond acceptors (Lipinski definition) is 3. The molecule has 4 nitrogen and oxygen atoms in total. The van der Waals surface area contributed by atoms with E-state index in [2.05, 4.69) is 17.3 Å². The van der Waals surface area contributed by atoms with Crippen molar-refractivity contribution in [1.82, 2.24) is 4.90 Å². The Balaban J connectivity index is 1.89. The zero-order valence-electron chi connectivity index (χ0n) is 13.5. The number of benzene rings is 1. The van der Waals surface area contributed by atoms with Crippen LogP contribution in [-0.4, -0.2) is 37.0 Å². The Morgan fingerprint density at radius 2 is 1.76 bits per heavy atom. The normalized spacial score (nSPS) is 17.5. The lowest BCUT2D eigenvalue weighted by atomic mass is 9.95. The second-order valence-electron chi connectivity index (χ2n) is 6.85. The lowest BCUT2D eigenvalue weighted by Gasteiger charge is -2.29. The number of rotatable bonds is 3. The summed E-state index contributed by atoms with van der Waals surface area (Å²) in [6.45, 7) is 7.88. The van der Waals surface area contributed by atoms with Gasteiger partial charge in [0.2, 0.25) is 5.91 Å². The van der Waals surface area contributed by atoms with Gasteiger partial charge in [-0.3, -0.25) is 4.79 Å². The van der Waals surface area contributed by atoms with Gasteiger partial charge in [-0.1, -0.05) is 20.8 Å². The third-order valence-corrected chi connectivity index (χ3v) is 3.76. The molecular weight excluding hydrogens is 264 g/mol. The molecule has 0 radical (unpaired) electrons. The van der Waals surface area contributed by atoms with Crippen LogP contribution in [0.25, 0.3) is 0 Å². The maximum atomic E-state index is 11.9. The summed E-state index contributed by atoms with van der Waals surface area (Å²) < 4.78 is 5.99. The maximum Gasteiger partial charge on any atom is 0.229 e. The van der Waals surface area contributed by atoms with Gasteiger partial charge < -0.3 is 15.0 Å². The number of piperidine rings is 1. The van der Waals surface area contributed by atoms with E-state index in [1.54, 1.807) is 0 Å². The predicted octanol–water partition coefficient (Wildman–Crippen LogP) is 3.14. The van der Waals surface area contributed by atoms with E-state index in [1.807, 2.05) is 45.0 Å². The van der Waals surface area contributed by atoms with Crippen LogP contribution in [0.4, 0.5) is 5.69 Å². The van der Waals surface area contributed by atoms with Crippen LogP contribution in [0.1, 0.15) is 33.6 Å². The van der Waals surface area contributed by atoms with Crippen LogP contribution in [0, 0.1) is 5.41 Å². The van der Waals surface area contributed by atoms with Crippen LogP contribution in [0.5, 0.6) is 5.75 Å². The van der Waals surface area contributed by atoms with Crippen LogP contribution in [0.3, 0.4) is 0 Å². The SMILES string of the molecule is CN1CCC(Oc2ccc(NC(=O)C(C)(C)C)cc2)CC1. The highest BCUT2D eigenvalue weighted by Gasteiger charge is 2.21. The van der Waals surface area contributed by atoms with Gasteiger partial charge in [-0.25, -0.2) is 0 Å².